The van der Waals surface area contributed by atoms with E-state index < -0.39 is 5.97 Å². The Morgan fingerprint density at radius 1 is 1.24 bits per heavy atom. The quantitative estimate of drug-likeness (QED) is 0.717. The van der Waals surface area contributed by atoms with E-state index in [4.69, 9.17) is 28.3 Å². The summed E-state index contributed by atoms with van der Waals surface area (Å²) in [5.74, 6) is -0.955. The molecule has 0 aromatic heterocycles. The largest absolute Gasteiger partial charge is 0.481 e. The van der Waals surface area contributed by atoms with E-state index in [0.29, 0.717) is 28.7 Å². The van der Waals surface area contributed by atoms with Crippen LogP contribution in [0.1, 0.15) is 19.3 Å². The molecule has 1 rings (SSSR count). The van der Waals surface area contributed by atoms with Gasteiger partial charge in [0.2, 0.25) is 5.91 Å². The van der Waals surface area contributed by atoms with E-state index >= 15 is 0 Å². The molecule has 116 valence electrons. The number of unbranched alkanes of at least 4 members (excludes halogenated alkanes) is 1. The highest BCUT2D eigenvalue weighted by molar-refractivity contribution is 6.42. The van der Waals surface area contributed by atoms with Crippen LogP contribution in [0.3, 0.4) is 0 Å². The predicted octanol–water partition coefficient (Wildman–Crippen LogP) is 3.12. The lowest BCUT2D eigenvalue weighted by Gasteiger charge is -2.16. The highest BCUT2D eigenvalue weighted by atomic mass is 35.5. The maximum atomic E-state index is 11.8. The third kappa shape index (κ3) is 7.32. The van der Waals surface area contributed by atoms with E-state index in [-0.39, 0.29) is 18.9 Å². The average Bonchev–Trinajstić information content (AvgIpc) is 2.38. The van der Waals surface area contributed by atoms with Gasteiger partial charge in [0.15, 0.2) is 0 Å². The molecule has 2 N–H and O–H groups in total. The second kappa shape index (κ2) is 8.87. The Balaban J connectivity index is 2.32. The lowest BCUT2D eigenvalue weighted by atomic mass is 10.2. The molecule has 1 amide bonds. The van der Waals surface area contributed by atoms with E-state index in [1.807, 2.05) is 11.9 Å². The summed E-state index contributed by atoms with van der Waals surface area (Å²) < 4.78 is 0. The first kappa shape index (κ1) is 17.8. The standard InChI is InChI=1S/C14H18Cl2N2O3/c1-18(7-3-2-4-14(20)21)9-13(19)17-10-5-6-11(15)12(16)8-10/h5-6,8H,2-4,7,9H2,1H3,(H,17,19)(H,20,21). The van der Waals surface area contributed by atoms with E-state index in [2.05, 4.69) is 5.32 Å². The van der Waals surface area contributed by atoms with Gasteiger partial charge in [-0.25, -0.2) is 0 Å². The summed E-state index contributed by atoms with van der Waals surface area (Å²) in [6, 6.07) is 4.89. The normalized spacial score (nSPS) is 10.7. The van der Waals surface area contributed by atoms with Gasteiger partial charge in [-0.15, -0.1) is 0 Å². The predicted molar refractivity (Wildman–Crippen MR) is 84.1 cm³/mol. The monoisotopic (exact) mass is 332 g/mol. The number of carboxylic acid groups (broad SMARTS) is 1. The molecular weight excluding hydrogens is 315 g/mol. The van der Waals surface area contributed by atoms with Gasteiger partial charge >= 0.3 is 5.97 Å². The molecule has 1 aromatic carbocycles. The highest BCUT2D eigenvalue weighted by Crippen LogP contribution is 2.24. The molecule has 5 nitrogen and oxygen atoms in total. The number of carbonyl (C=O) groups excluding carboxylic acids is 1. The van der Waals surface area contributed by atoms with E-state index in [1.54, 1.807) is 18.2 Å². The lowest BCUT2D eigenvalue weighted by Crippen LogP contribution is -2.30. The van der Waals surface area contributed by atoms with Gasteiger partial charge in [-0.2, -0.15) is 0 Å². The summed E-state index contributed by atoms with van der Waals surface area (Å²) in [6.45, 7) is 0.898. The van der Waals surface area contributed by atoms with Crippen LogP contribution in [-0.4, -0.2) is 42.0 Å². The first-order valence-corrected chi connectivity index (χ1v) is 7.29. The first-order valence-electron chi connectivity index (χ1n) is 6.53. The minimum atomic E-state index is -0.796. The topological polar surface area (TPSA) is 69.6 Å². The Bertz CT molecular complexity index is 509. The summed E-state index contributed by atoms with van der Waals surface area (Å²) in [6.07, 6.45) is 1.50. The Morgan fingerprint density at radius 2 is 1.95 bits per heavy atom. The van der Waals surface area contributed by atoms with Gasteiger partial charge in [-0.1, -0.05) is 23.2 Å². The number of hydrogen-bond acceptors (Lipinski definition) is 3. The van der Waals surface area contributed by atoms with Crippen LogP contribution in [0.2, 0.25) is 10.0 Å². The van der Waals surface area contributed by atoms with Crippen molar-refractivity contribution >= 4 is 40.8 Å². The zero-order valence-corrected chi connectivity index (χ0v) is 13.2. The fourth-order valence-corrected chi connectivity index (χ4v) is 2.05. The molecule has 0 saturated carbocycles. The van der Waals surface area contributed by atoms with Crippen LogP contribution < -0.4 is 5.32 Å². The van der Waals surface area contributed by atoms with Crippen molar-refractivity contribution in [2.75, 3.05) is 25.5 Å². The number of rotatable bonds is 8. The van der Waals surface area contributed by atoms with Gasteiger partial charge in [0.1, 0.15) is 0 Å². The number of hydrogen-bond donors (Lipinski definition) is 2. The van der Waals surface area contributed by atoms with E-state index in [9.17, 15) is 9.59 Å². The van der Waals surface area contributed by atoms with Gasteiger partial charge < -0.3 is 10.4 Å². The van der Waals surface area contributed by atoms with Crippen molar-refractivity contribution in [2.24, 2.45) is 0 Å². The molecular formula is C14H18Cl2N2O3. The molecule has 0 saturated heterocycles. The lowest BCUT2D eigenvalue weighted by molar-refractivity contribution is -0.137. The molecule has 0 radical (unpaired) electrons. The van der Waals surface area contributed by atoms with Crippen molar-refractivity contribution in [1.29, 1.82) is 0 Å². The van der Waals surface area contributed by atoms with Gasteiger partial charge in [-0.05, 0) is 44.6 Å². The second-order valence-electron chi connectivity index (χ2n) is 4.77. The van der Waals surface area contributed by atoms with Crippen molar-refractivity contribution in [2.45, 2.75) is 19.3 Å². The fourth-order valence-electron chi connectivity index (χ4n) is 1.76. The average molecular weight is 333 g/mol. The molecule has 0 aliphatic carbocycles. The summed E-state index contributed by atoms with van der Waals surface area (Å²) >= 11 is 11.7. The molecule has 0 spiro atoms. The van der Waals surface area contributed by atoms with Crippen LogP contribution in [0.5, 0.6) is 0 Å². The zero-order chi connectivity index (χ0) is 15.8. The molecule has 0 atom stereocenters. The van der Waals surface area contributed by atoms with Gasteiger partial charge in [0.25, 0.3) is 0 Å². The summed E-state index contributed by atoms with van der Waals surface area (Å²) in [7, 11) is 1.81. The van der Waals surface area contributed by atoms with Crippen molar-refractivity contribution in [3.05, 3.63) is 28.2 Å². The molecule has 7 heteroatoms. The summed E-state index contributed by atoms with van der Waals surface area (Å²) in [5, 5.41) is 12.1. The molecule has 1 aromatic rings. The van der Waals surface area contributed by atoms with Gasteiger partial charge in [0, 0.05) is 12.1 Å². The number of carbonyl (C=O) groups is 2. The number of halogens is 2. The van der Waals surface area contributed by atoms with Crippen LogP contribution in [0.25, 0.3) is 0 Å². The molecule has 0 bridgehead atoms. The molecule has 21 heavy (non-hydrogen) atoms. The SMILES string of the molecule is CN(CCCCC(=O)O)CC(=O)Nc1ccc(Cl)c(Cl)c1. The summed E-state index contributed by atoms with van der Waals surface area (Å²) in [5.41, 5.74) is 0.591. The Morgan fingerprint density at radius 3 is 2.57 bits per heavy atom. The smallest absolute Gasteiger partial charge is 0.303 e. The van der Waals surface area contributed by atoms with E-state index in [0.717, 1.165) is 6.42 Å². The molecule has 0 aliphatic rings. The maximum absolute atomic E-state index is 11.8. The van der Waals surface area contributed by atoms with Crippen LogP contribution in [0.4, 0.5) is 5.69 Å². The molecule has 0 fully saturated rings. The van der Waals surface area contributed by atoms with Crippen LogP contribution in [0, 0.1) is 0 Å². The Hall–Kier alpha value is -1.30. The van der Waals surface area contributed by atoms with Crippen LogP contribution in [-0.2, 0) is 9.59 Å². The van der Waals surface area contributed by atoms with Crippen LogP contribution >= 0.6 is 23.2 Å². The number of aliphatic carboxylic acids is 1. The minimum absolute atomic E-state index is 0.156. The molecule has 0 unspecified atom stereocenters. The first-order chi connectivity index (χ1) is 9.88. The maximum Gasteiger partial charge on any atom is 0.303 e. The van der Waals surface area contributed by atoms with Gasteiger partial charge in [0.05, 0.1) is 16.6 Å². The highest BCUT2D eigenvalue weighted by Gasteiger charge is 2.08. The van der Waals surface area contributed by atoms with Crippen molar-refractivity contribution < 1.29 is 14.7 Å². The second-order valence-corrected chi connectivity index (χ2v) is 5.58. The fraction of sp³-hybridized carbons (Fsp3) is 0.429. The summed E-state index contributed by atoms with van der Waals surface area (Å²) in [4.78, 5) is 24.1. The number of benzene rings is 1. The Labute approximate surface area is 133 Å². The number of nitrogens with zero attached hydrogens (tertiary/aromatic N) is 1. The van der Waals surface area contributed by atoms with Crippen molar-refractivity contribution in [3.63, 3.8) is 0 Å². The number of nitrogens with one attached hydrogen (secondary N) is 1. The van der Waals surface area contributed by atoms with Crippen LogP contribution in [0.15, 0.2) is 18.2 Å². The number of likely N-dealkylation sites (N-methyl/N-ethyl adjacent to an activating group) is 1. The van der Waals surface area contributed by atoms with Crippen molar-refractivity contribution in [3.8, 4) is 0 Å². The minimum Gasteiger partial charge on any atom is -0.481 e. The van der Waals surface area contributed by atoms with Crippen molar-refractivity contribution in [1.82, 2.24) is 4.90 Å². The molecule has 0 aliphatic heterocycles. The molecule has 0 heterocycles. The third-order valence-corrected chi connectivity index (χ3v) is 3.54. The zero-order valence-electron chi connectivity index (χ0n) is 11.7. The third-order valence-electron chi connectivity index (χ3n) is 2.80. The van der Waals surface area contributed by atoms with E-state index in [1.165, 1.54) is 0 Å². The number of anilines is 1. The number of carboxylic acids is 1. The van der Waals surface area contributed by atoms with Gasteiger partial charge in [-0.3, -0.25) is 14.5 Å². The number of amides is 1. The Kier molecular flexibility index (Phi) is 7.50.